The van der Waals surface area contributed by atoms with Crippen molar-refractivity contribution in [2.75, 3.05) is 11.9 Å². The Bertz CT molecular complexity index is 669. The van der Waals surface area contributed by atoms with Gasteiger partial charge in [0, 0.05) is 17.8 Å². The van der Waals surface area contributed by atoms with E-state index in [2.05, 4.69) is 10.6 Å². The maximum atomic E-state index is 12.2. The Hall–Kier alpha value is -2.82. The first-order chi connectivity index (χ1) is 11.6. The summed E-state index contributed by atoms with van der Waals surface area (Å²) in [4.78, 5) is 24.0. The first kappa shape index (κ1) is 17.5. The summed E-state index contributed by atoms with van der Waals surface area (Å²) in [7, 11) is 0. The molecule has 0 fully saturated rings. The fourth-order valence-electron chi connectivity index (χ4n) is 2.05. The van der Waals surface area contributed by atoms with Gasteiger partial charge in [0.05, 0.1) is 0 Å². The highest BCUT2D eigenvalue weighted by atomic mass is 16.5. The van der Waals surface area contributed by atoms with Gasteiger partial charge in [-0.05, 0) is 49.7 Å². The van der Waals surface area contributed by atoms with Crippen molar-refractivity contribution in [1.29, 1.82) is 0 Å². The van der Waals surface area contributed by atoms with Crippen molar-refractivity contribution >= 4 is 17.5 Å². The van der Waals surface area contributed by atoms with E-state index in [0.29, 0.717) is 23.5 Å². The predicted molar refractivity (Wildman–Crippen MR) is 94.2 cm³/mol. The standard InChI is InChI=1S/C19H22N2O3/c1-3-13-20-19(23)15-9-11-16(12-10-15)21-18(22)14(2)24-17-7-5-4-6-8-17/h4-12,14H,3,13H2,1-2H3,(H,20,23)(H,21,22)/t14-/m1/s1. The summed E-state index contributed by atoms with van der Waals surface area (Å²) in [5.74, 6) is 0.278. The number of ether oxygens (including phenoxy) is 1. The number of anilines is 1. The van der Waals surface area contributed by atoms with Crippen molar-refractivity contribution in [2.45, 2.75) is 26.4 Å². The molecule has 5 nitrogen and oxygen atoms in total. The predicted octanol–water partition coefficient (Wildman–Crippen LogP) is 3.23. The van der Waals surface area contributed by atoms with E-state index in [1.807, 2.05) is 25.1 Å². The molecule has 0 aromatic heterocycles. The Morgan fingerprint density at radius 1 is 1.04 bits per heavy atom. The molecule has 0 aliphatic heterocycles. The fraction of sp³-hybridized carbons (Fsp3) is 0.263. The van der Waals surface area contributed by atoms with Gasteiger partial charge >= 0.3 is 0 Å². The lowest BCUT2D eigenvalue weighted by Gasteiger charge is -2.14. The van der Waals surface area contributed by atoms with Gasteiger partial charge in [-0.25, -0.2) is 0 Å². The number of carbonyl (C=O) groups is 2. The van der Waals surface area contributed by atoms with Crippen molar-refractivity contribution in [3.63, 3.8) is 0 Å². The maximum Gasteiger partial charge on any atom is 0.265 e. The Balaban J connectivity index is 1.90. The van der Waals surface area contributed by atoms with E-state index in [1.54, 1.807) is 43.3 Å². The van der Waals surface area contributed by atoms with Crippen LogP contribution in [0.4, 0.5) is 5.69 Å². The van der Waals surface area contributed by atoms with E-state index < -0.39 is 6.10 Å². The number of hydrogen-bond donors (Lipinski definition) is 2. The van der Waals surface area contributed by atoms with E-state index in [0.717, 1.165) is 6.42 Å². The lowest BCUT2D eigenvalue weighted by atomic mass is 10.2. The molecule has 0 aliphatic carbocycles. The van der Waals surface area contributed by atoms with Gasteiger partial charge in [0.15, 0.2) is 6.10 Å². The number of rotatable bonds is 7. The van der Waals surface area contributed by atoms with Crippen LogP contribution < -0.4 is 15.4 Å². The van der Waals surface area contributed by atoms with Crippen LogP contribution in [0, 0.1) is 0 Å². The van der Waals surface area contributed by atoms with Gasteiger partial charge in [0.2, 0.25) is 0 Å². The Kier molecular flexibility index (Phi) is 6.37. The summed E-state index contributed by atoms with van der Waals surface area (Å²) < 4.78 is 5.58. The minimum absolute atomic E-state index is 0.115. The molecule has 0 saturated carbocycles. The van der Waals surface area contributed by atoms with Crippen molar-refractivity contribution in [3.8, 4) is 5.75 Å². The topological polar surface area (TPSA) is 67.4 Å². The van der Waals surface area contributed by atoms with Gasteiger partial charge in [-0.3, -0.25) is 9.59 Å². The van der Waals surface area contributed by atoms with E-state index in [4.69, 9.17) is 4.74 Å². The van der Waals surface area contributed by atoms with E-state index in [-0.39, 0.29) is 11.8 Å². The number of amides is 2. The van der Waals surface area contributed by atoms with Gasteiger partial charge in [0.25, 0.3) is 11.8 Å². The molecular weight excluding hydrogens is 304 g/mol. The zero-order valence-corrected chi connectivity index (χ0v) is 13.9. The largest absolute Gasteiger partial charge is 0.481 e. The minimum atomic E-state index is -0.625. The molecule has 2 aromatic carbocycles. The van der Waals surface area contributed by atoms with Crippen molar-refractivity contribution in [1.82, 2.24) is 5.32 Å². The number of para-hydroxylation sites is 1. The molecule has 0 aliphatic rings. The lowest BCUT2D eigenvalue weighted by Crippen LogP contribution is -2.30. The van der Waals surface area contributed by atoms with Gasteiger partial charge in [-0.2, -0.15) is 0 Å². The zero-order valence-electron chi connectivity index (χ0n) is 13.9. The van der Waals surface area contributed by atoms with Gasteiger partial charge in [-0.15, -0.1) is 0 Å². The third-order valence-electron chi connectivity index (χ3n) is 3.38. The summed E-state index contributed by atoms with van der Waals surface area (Å²) in [5.41, 5.74) is 1.19. The second-order valence-electron chi connectivity index (χ2n) is 5.40. The third kappa shape index (κ3) is 5.12. The van der Waals surface area contributed by atoms with Crippen LogP contribution in [-0.2, 0) is 4.79 Å². The molecular formula is C19H22N2O3. The molecule has 126 valence electrons. The Morgan fingerprint density at radius 2 is 1.71 bits per heavy atom. The molecule has 2 N–H and O–H groups in total. The van der Waals surface area contributed by atoms with Crippen molar-refractivity contribution < 1.29 is 14.3 Å². The zero-order chi connectivity index (χ0) is 17.4. The second kappa shape index (κ2) is 8.72. The number of hydrogen-bond acceptors (Lipinski definition) is 3. The lowest BCUT2D eigenvalue weighted by molar-refractivity contribution is -0.122. The smallest absolute Gasteiger partial charge is 0.265 e. The maximum absolute atomic E-state index is 12.2. The SMILES string of the molecule is CCCNC(=O)c1ccc(NC(=O)[C@@H](C)Oc2ccccc2)cc1. The molecule has 0 saturated heterocycles. The van der Waals surface area contributed by atoms with Crippen LogP contribution in [0.2, 0.25) is 0 Å². The summed E-state index contributed by atoms with van der Waals surface area (Å²) in [6.45, 7) is 4.33. The molecule has 0 radical (unpaired) electrons. The molecule has 24 heavy (non-hydrogen) atoms. The van der Waals surface area contributed by atoms with Gasteiger partial charge in [0.1, 0.15) is 5.75 Å². The third-order valence-corrected chi connectivity index (χ3v) is 3.38. The molecule has 0 unspecified atom stereocenters. The first-order valence-electron chi connectivity index (χ1n) is 8.01. The molecule has 0 bridgehead atoms. The van der Waals surface area contributed by atoms with Crippen LogP contribution in [0.15, 0.2) is 54.6 Å². The quantitative estimate of drug-likeness (QED) is 0.821. The van der Waals surface area contributed by atoms with Crippen molar-refractivity contribution in [3.05, 3.63) is 60.2 Å². The number of carbonyl (C=O) groups excluding carboxylic acids is 2. The molecule has 2 aromatic rings. The molecule has 1 atom stereocenters. The minimum Gasteiger partial charge on any atom is -0.481 e. The molecule has 2 amide bonds. The van der Waals surface area contributed by atoms with Crippen LogP contribution in [0.3, 0.4) is 0 Å². The summed E-state index contributed by atoms with van der Waals surface area (Å²) in [5, 5.41) is 5.58. The highest BCUT2D eigenvalue weighted by molar-refractivity contribution is 5.96. The van der Waals surface area contributed by atoms with Crippen LogP contribution in [0.1, 0.15) is 30.6 Å². The van der Waals surface area contributed by atoms with Crippen molar-refractivity contribution in [2.24, 2.45) is 0 Å². The first-order valence-corrected chi connectivity index (χ1v) is 8.01. The van der Waals surface area contributed by atoms with Crippen LogP contribution in [0.25, 0.3) is 0 Å². The summed E-state index contributed by atoms with van der Waals surface area (Å²) in [6.07, 6.45) is 0.263. The van der Waals surface area contributed by atoms with E-state index in [9.17, 15) is 9.59 Å². The molecule has 0 spiro atoms. The number of benzene rings is 2. The monoisotopic (exact) mass is 326 g/mol. The number of nitrogens with one attached hydrogen (secondary N) is 2. The highest BCUT2D eigenvalue weighted by Crippen LogP contribution is 2.13. The van der Waals surface area contributed by atoms with E-state index >= 15 is 0 Å². The van der Waals surface area contributed by atoms with E-state index in [1.165, 1.54) is 0 Å². The van der Waals surface area contributed by atoms with Gasteiger partial charge in [-0.1, -0.05) is 25.1 Å². The second-order valence-corrected chi connectivity index (χ2v) is 5.40. The molecule has 0 heterocycles. The van der Waals surface area contributed by atoms with Gasteiger partial charge < -0.3 is 15.4 Å². The normalized spacial score (nSPS) is 11.4. The molecule has 2 rings (SSSR count). The van der Waals surface area contributed by atoms with Crippen LogP contribution in [-0.4, -0.2) is 24.5 Å². The highest BCUT2D eigenvalue weighted by Gasteiger charge is 2.15. The Morgan fingerprint density at radius 3 is 2.33 bits per heavy atom. The summed E-state index contributed by atoms with van der Waals surface area (Å²) >= 11 is 0. The van der Waals surface area contributed by atoms with Crippen LogP contribution >= 0.6 is 0 Å². The Labute approximate surface area is 142 Å². The summed E-state index contributed by atoms with van der Waals surface area (Å²) in [6, 6.07) is 16.0. The fourth-order valence-corrected chi connectivity index (χ4v) is 2.05. The average Bonchev–Trinajstić information content (AvgIpc) is 2.61. The molecule has 5 heteroatoms. The average molecular weight is 326 g/mol. The van der Waals surface area contributed by atoms with Crippen LogP contribution in [0.5, 0.6) is 5.75 Å².